The average Bonchev–Trinajstić information content (AvgIpc) is 2.46. The normalized spacial score (nSPS) is 19.7. The Morgan fingerprint density at radius 2 is 2.00 bits per heavy atom. The summed E-state index contributed by atoms with van der Waals surface area (Å²) in [6.45, 7) is 0.848. The third kappa shape index (κ3) is 3.32. The van der Waals surface area contributed by atoms with Gasteiger partial charge >= 0.3 is 0 Å². The number of nitrogens with one attached hydrogen (secondary N) is 1. The van der Waals surface area contributed by atoms with Crippen molar-refractivity contribution in [1.29, 1.82) is 0 Å². The monoisotopic (exact) mass is 264 g/mol. The van der Waals surface area contributed by atoms with Gasteiger partial charge in [0.2, 0.25) is 5.91 Å². The smallest absolute Gasteiger partial charge is 0.240 e. The van der Waals surface area contributed by atoms with Crippen LogP contribution in [0.1, 0.15) is 24.4 Å². The van der Waals surface area contributed by atoms with Gasteiger partial charge in [-0.1, -0.05) is 30.3 Å². The van der Waals surface area contributed by atoms with E-state index in [1.165, 1.54) is 0 Å². The lowest BCUT2D eigenvalue weighted by Gasteiger charge is -2.33. The highest BCUT2D eigenvalue weighted by Gasteiger charge is 2.36. The summed E-state index contributed by atoms with van der Waals surface area (Å²) in [6, 6.07) is 8.95. The van der Waals surface area contributed by atoms with Crippen molar-refractivity contribution in [2.45, 2.75) is 24.4 Å². The zero-order valence-corrected chi connectivity index (χ0v) is 10.8. The van der Waals surface area contributed by atoms with Crippen molar-refractivity contribution < 1.29 is 14.6 Å². The van der Waals surface area contributed by atoms with Gasteiger partial charge < -0.3 is 20.9 Å². The first kappa shape index (κ1) is 14.0. The van der Waals surface area contributed by atoms with Crippen LogP contribution in [0.4, 0.5) is 0 Å². The molecule has 0 unspecified atom stereocenters. The lowest BCUT2D eigenvalue weighted by Crippen LogP contribution is -2.57. The minimum Gasteiger partial charge on any atom is -0.394 e. The van der Waals surface area contributed by atoms with E-state index in [1.54, 1.807) is 0 Å². The van der Waals surface area contributed by atoms with Gasteiger partial charge in [-0.05, 0) is 18.4 Å². The van der Waals surface area contributed by atoms with Gasteiger partial charge in [0.25, 0.3) is 0 Å². The fraction of sp³-hybridized carbons (Fsp3) is 0.500. The fourth-order valence-electron chi connectivity index (χ4n) is 2.18. The Morgan fingerprint density at radius 3 is 2.58 bits per heavy atom. The van der Waals surface area contributed by atoms with Crippen molar-refractivity contribution in [2.75, 3.05) is 19.8 Å². The fourth-order valence-corrected chi connectivity index (χ4v) is 2.18. The maximum atomic E-state index is 12.3. The topological polar surface area (TPSA) is 84.6 Å². The number of benzene rings is 1. The summed E-state index contributed by atoms with van der Waals surface area (Å²) in [4.78, 5) is 12.3. The van der Waals surface area contributed by atoms with E-state index in [2.05, 4.69) is 5.32 Å². The van der Waals surface area contributed by atoms with Crippen molar-refractivity contribution in [3.8, 4) is 0 Å². The Hall–Kier alpha value is -1.43. The number of nitrogens with two attached hydrogens (primary N) is 1. The van der Waals surface area contributed by atoms with Crippen LogP contribution in [-0.4, -0.2) is 36.4 Å². The predicted octanol–water partition coefficient (Wildman–Crippen LogP) is 0.344. The van der Waals surface area contributed by atoms with Crippen LogP contribution < -0.4 is 11.1 Å². The minimum absolute atomic E-state index is 0.150. The molecule has 1 aromatic rings. The number of carbonyl (C=O) groups is 1. The summed E-state index contributed by atoms with van der Waals surface area (Å²) >= 11 is 0. The molecule has 0 saturated carbocycles. The zero-order valence-electron chi connectivity index (χ0n) is 10.8. The quantitative estimate of drug-likeness (QED) is 0.732. The molecule has 1 aliphatic heterocycles. The van der Waals surface area contributed by atoms with Gasteiger partial charge in [0.05, 0.1) is 18.2 Å². The van der Waals surface area contributed by atoms with Crippen molar-refractivity contribution in [2.24, 2.45) is 5.73 Å². The molecule has 2 rings (SSSR count). The molecule has 0 aromatic heterocycles. The highest BCUT2D eigenvalue weighted by atomic mass is 16.5. The maximum absolute atomic E-state index is 12.3. The van der Waals surface area contributed by atoms with E-state index in [9.17, 15) is 9.90 Å². The van der Waals surface area contributed by atoms with Gasteiger partial charge in [0.1, 0.15) is 0 Å². The highest BCUT2D eigenvalue weighted by Crippen LogP contribution is 2.20. The first-order valence-corrected chi connectivity index (χ1v) is 6.49. The van der Waals surface area contributed by atoms with Crippen molar-refractivity contribution in [3.63, 3.8) is 0 Å². The number of aliphatic hydroxyl groups excluding tert-OH is 1. The molecule has 4 N–H and O–H groups in total. The summed E-state index contributed by atoms with van der Waals surface area (Å²) < 4.78 is 5.22. The molecule has 5 heteroatoms. The van der Waals surface area contributed by atoms with Crippen LogP contribution in [0.15, 0.2) is 30.3 Å². The maximum Gasteiger partial charge on any atom is 0.240 e. The summed E-state index contributed by atoms with van der Waals surface area (Å²) in [5, 5.41) is 12.3. The van der Waals surface area contributed by atoms with E-state index in [1.807, 2.05) is 30.3 Å². The van der Waals surface area contributed by atoms with Crippen LogP contribution in [0, 0.1) is 0 Å². The Kier molecular flexibility index (Phi) is 4.52. The number of hydrogen-bond acceptors (Lipinski definition) is 4. The zero-order chi connectivity index (χ0) is 13.7. The Bertz CT molecular complexity index is 416. The van der Waals surface area contributed by atoms with E-state index in [0.29, 0.717) is 26.1 Å². The number of hydrogen-bond donors (Lipinski definition) is 3. The molecule has 0 radical (unpaired) electrons. The van der Waals surface area contributed by atoms with E-state index in [0.717, 1.165) is 5.56 Å². The second-order valence-electron chi connectivity index (χ2n) is 4.89. The Labute approximate surface area is 112 Å². The van der Waals surface area contributed by atoms with Gasteiger partial charge in [-0.3, -0.25) is 4.79 Å². The number of carbonyl (C=O) groups excluding carboxylic acids is 1. The van der Waals surface area contributed by atoms with Crippen LogP contribution in [0.2, 0.25) is 0 Å². The standard InChI is InChI=1S/C14H20N2O3/c15-14(6-8-19-9-7-14)13(18)16-12(10-17)11-4-2-1-3-5-11/h1-5,12,17H,6-10,15H2,(H,16,18)/t12-/m1/s1. The third-order valence-electron chi connectivity index (χ3n) is 3.53. The van der Waals surface area contributed by atoms with Gasteiger partial charge in [-0.2, -0.15) is 0 Å². The molecule has 1 atom stereocenters. The Balaban J connectivity index is 2.04. The van der Waals surface area contributed by atoms with Gasteiger partial charge in [0, 0.05) is 13.2 Å². The molecule has 1 amide bonds. The summed E-state index contributed by atoms with van der Waals surface area (Å²) in [5.74, 6) is -0.223. The number of rotatable bonds is 4. The lowest BCUT2D eigenvalue weighted by molar-refractivity contribution is -0.130. The third-order valence-corrected chi connectivity index (χ3v) is 3.53. The summed E-state index contributed by atoms with van der Waals surface area (Å²) in [5.41, 5.74) is 6.09. The van der Waals surface area contributed by atoms with E-state index in [4.69, 9.17) is 10.5 Å². The lowest BCUT2D eigenvalue weighted by atomic mass is 9.90. The molecule has 1 saturated heterocycles. The SMILES string of the molecule is NC1(C(=O)N[C@H](CO)c2ccccc2)CCOCC1. The van der Waals surface area contributed by atoms with Crippen LogP contribution in [0.25, 0.3) is 0 Å². The molecule has 0 spiro atoms. The van der Waals surface area contributed by atoms with Crippen LogP contribution in [0.3, 0.4) is 0 Å². The van der Waals surface area contributed by atoms with E-state index in [-0.39, 0.29) is 12.5 Å². The molecule has 104 valence electrons. The largest absolute Gasteiger partial charge is 0.394 e. The van der Waals surface area contributed by atoms with Crippen LogP contribution in [0.5, 0.6) is 0 Å². The predicted molar refractivity (Wildman–Crippen MR) is 71.4 cm³/mol. The van der Waals surface area contributed by atoms with Gasteiger partial charge in [0.15, 0.2) is 0 Å². The molecule has 1 aromatic carbocycles. The number of amides is 1. The molecule has 5 nitrogen and oxygen atoms in total. The Morgan fingerprint density at radius 1 is 1.37 bits per heavy atom. The van der Waals surface area contributed by atoms with Gasteiger partial charge in [-0.15, -0.1) is 0 Å². The average molecular weight is 264 g/mol. The van der Waals surface area contributed by atoms with Crippen LogP contribution in [-0.2, 0) is 9.53 Å². The van der Waals surface area contributed by atoms with Gasteiger partial charge in [-0.25, -0.2) is 0 Å². The molecule has 1 fully saturated rings. The first-order valence-electron chi connectivity index (χ1n) is 6.49. The molecule has 1 heterocycles. The van der Waals surface area contributed by atoms with E-state index >= 15 is 0 Å². The van der Waals surface area contributed by atoms with Crippen molar-refractivity contribution in [1.82, 2.24) is 5.32 Å². The molecule has 0 bridgehead atoms. The second kappa shape index (κ2) is 6.14. The number of ether oxygens (including phenoxy) is 1. The van der Waals surface area contributed by atoms with Crippen LogP contribution >= 0.6 is 0 Å². The summed E-state index contributed by atoms with van der Waals surface area (Å²) in [6.07, 6.45) is 1.01. The molecule has 0 aliphatic carbocycles. The second-order valence-corrected chi connectivity index (χ2v) is 4.89. The molecular formula is C14H20N2O3. The number of aliphatic hydroxyl groups is 1. The molecular weight excluding hydrogens is 244 g/mol. The molecule has 1 aliphatic rings. The molecule has 19 heavy (non-hydrogen) atoms. The van der Waals surface area contributed by atoms with E-state index < -0.39 is 11.6 Å². The van der Waals surface area contributed by atoms with Crippen molar-refractivity contribution >= 4 is 5.91 Å². The highest BCUT2D eigenvalue weighted by molar-refractivity contribution is 5.86. The van der Waals surface area contributed by atoms with Crippen molar-refractivity contribution in [3.05, 3.63) is 35.9 Å². The summed E-state index contributed by atoms with van der Waals surface area (Å²) in [7, 11) is 0. The first-order chi connectivity index (χ1) is 9.15. The minimum atomic E-state index is -0.888.